The van der Waals surface area contributed by atoms with E-state index in [1.165, 1.54) is 11.1 Å². The molecule has 0 fully saturated rings. The topological polar surface area (TPSA) is 57.8 Å². The van der Waals surface area contributed by atoms with E-state index >= 15 is 0 Å². The van der Waals surface area contributed by atoms with Crippen LogP contribution in [0.15, 0.2) is 48.8 Å². The molecular formula is C18H19N3O. The van der Waals surface area contributed by atoms with Gasteiger partial charge in [-0.05, 0) is 36.6 Å². The number of nitrogens with zero attached hydrogens (tertiary/aromatic N) is 1. The molecule has 0 saturated heterocycles. The van der Waals surface area contributed by atoms with Crippen LogP contribution < -0.4 is 5.32 Å². The Bertz CT molecular complexity index is 792. The summed E-state index contributed by atoms with van der Waals surface area (Å²) in [7, 11) is 0. The number of aryl methyl sites for hydroxylation is 2. The third-order valence-corrected chi connectivity index (χ3v) is 3.75. The number of H-pyrrole nitrogens is 1. The van der Waals surface area contributed by atoms with Crippen molar-refractivity contribution >= 4 is 16.9 Å². The summed E-state index contributed by atoms with van der Waals surface area (Å²) in [4.78, 5) is 19.3. The first-order valence-corrected chi connectivity index (χ1v) is 7.45. The monoisotopic (exact) mass is 293 g/mol. The van der Waals surface area contributed by atoms with E-state index in [9.17, 15) is 4.79 Å². The number of pyridine rings is 1. The minimum atomic E-state index is 0.0713. The van der Waals surface area contributed by atoms with E-state index in [0.717, 1.165) is 23.0 Å². The lowest BCUT2D eigenvalue weighted by Gasteiger charge is -2.07. The summed E-state index contributed by atoms with van der Waals surface area (Å²) in [6, 6.07) is 12.2. The van der Waals surface area contributed by atoms with Crippen LogP contribution in [-0.2, 0) is 17.8 Å². The van der Waals surface area contributed by atoms with Gasteiger partial charge in [0.25, 0.3) is 0 Å². The van der Waals surface area contributed by atoms with E-state index < -0.39 is 0 Å². The molecule has 3 aromatic rings. The molecule has 0 atom stereocenters. The van der Waals surface area contributed by atoms with Crippen LogP contribution >= 0.6 is 0 Å². The number of hydrogen-bond donors (Lipinski definition) is 2. The second-order valence-corrected chi connectivity index (χ2v) is 5.48. The number of hydrogen-bond acceptors (Lipinski definition) is 2. The molecule has 0 aliphatic rings. The van der Waals surface area contributed by atoms with Crippen LogP contribution in [0.25, 0.3) is 11.0 Å². The van der Waals surface area contributed by atoms with Crippen LogP contribution in [0.2, 0.25) is 0 Å². The second kappa shape index (κ2) is 6.43. The quantitative estimate of drug-likeness (QED) is 0.759. The first-order chi connectivity index (χ1) is 10.7. The second-order valence-electron chi connectivity index (χ2n) is 5.48. The molecule has 3 rings (SSSR count). The Morgan fingerprint density at radius 2 is 2.18 bits per heavy atom. The number of carbonyl (C=O) groups is 1. The molecule has 22 heavy (non-hydrogen) atoms. The highest BCUT2D eigenvalue weighted by atomic mass is 16.1. The number of amides is 1. The van der Waals surface area contributed by atoms with Crippen molar-refractivity contribution in [3.63, 3.8) is 0 Å². The molecule has 2 aromatic heterocycles. The third kappa shape index (κ3) is 3.34. The molecule has 0 aliphatic carbocycles. The molecule has 1 amide bonds. The van der Waals surface area contributed by atoms with Gasteiger partial charge in [-0.25, -0.2) is 4.98 Å². The fraction of sp³-hybridized carbons (Fsp3) is 0.222. The number of aromatic amines is 1. The van der Waals surface area contributed by atoms with Gasteiger partial charge < -0.3 is 10.3 Å². The van der Waals surface area contributed by atoms with Crippen LogP contribution in [0.1, 0.15) is 23.1 Å². The first-order valence-electron chi connectivity index (χ1n) is 7.45. The van der Waals surface area contributed by atoms with E-state index in [0.29, 0.717) is 13.0 Å². The van der Waals surface area contributed by atoms with E-state index in [1.54, 1.807) is 6.20 Å². The van der Waals surface area contributed by atoms with E-state index in [4.69, 9.17) is 0 Å². The van der Waals surface area contributed by atoms with Gasteiger partial charge in [-0.2, -0.15) is 0 Å². The average molecular weight is 293 g/mol. The van der Waals surface area contributed by atoms with Crippen molar-refractivity contribution in [2.24, 2.45) is 0 Å². The molecule has 0 radical (unpaired) electrons. The van der Waals surface area contributed by atoms with Gasteiger partial charge in [0.05, 0.1) is 0 Å². The number of carbonyl (C=O) groups excluding carboxylic acids is 1. The smallest absolute Gasteiger partial charge is 0.220 e. The molecular weight excluding hydrogens is 274 g/mol. The number of nitrogens with one attached hydrogen (secondary N) is 2. The van der Waals surface area contributed by atoms with Gasteiger partial charge >= 0.3 is 0 Å². The van der Waals surface area contributed by atoms with Gasteiger partial charge in [-0.15, -0.1) is 0 Å². The first kappa shape index (κ1) is 14.3. The van der Waals surface area contributed by atoms with Crippen molar-refractivity contribution in [1.82, 2.24) is 15.3 Å². The Labute approximate surface area is 129 Å². The van der Waals surface area contributed by atoms with Crippen molar-refractivity contribution in [3.8, 4) is 0 Å². The molecule has 112 valence electrons. The van der Waals surface area contributed by atoms with E-state index in [1.807, 2.05) is 24.4 Å². The summed E-state index contributed by atoms with van der Waals surface area (Å²) >= 11 is 0. The van der Waals surface area contributed by atoms with Crippen LogP contribution in [0.5, 0.6) is 0 Å². The van der Waals surface area contributed by atoms with Gasteiger partial charge in [0.1, 0.15) is 5.65 Å². The summed E-state index contributed by atoms with van der Waals surface area (Å²) in [6.45, 7) is 2.60. The molecule has 0 saturated carbocycles. The van der Waals surface area contributed by atoms with Crippen LogP contribution in [0.4, 0.5) is 0 Å². The molecule has 4 nitrogen and oxygen atoms in total. The Hall–Kier alpha value is -2.62. The minimum absolute atomic E-state index is 0.0713. The summed E-state index contributed by atoms with van der Waals surface area (Å²) in [5.74, 6) is 0.0713. The van der Waals surface area contributed by atoms with Gasteiger partial charge in [-0.1, -0.05) is 29.8 Å². The van der Waals surface area contributed by atoms with Crippen molar-refractivity contribution in [1.29, 1.82) is 0 Å². The molecule has 2 heterocycles. The molecule has 0 spiro atoms. The zero-order chi connectivity index (χ0) is 15.4. The molecule has 0 bridgehead atoms. The number of rotatable bonds is 5. The van der Waals surface area contributed by atoms with Gasteiger partial charge in [-0.3, -0.25) is 4.79 Å². The largest absolute Gasteiger partial charge is 0.352 e. The Balaban J connectivity index is 1.55. The van der Waals surface area contributed by atoms with E-state index in [2.05, 4.69) is 40.4 Å². The highest BCUT2D eigenvalue weighted by Gasteiger charge is 2.06. The fourth-order valence-corrected chi connectivity index (χ4v) is 2.58. The van der Waals surface area contributed by atoms with Crippen molar-refractivity contribution in [2.75, 3.05) is 0 Å². The maximum Gasteiger partial charge on any atom is 0.220 e. The minimum Gasteiger partial charge on any atom is -0.352 e. The number of fused-ring (bicyclic) bond motifs is 1. The Morgan fingerprint density at radius 1 is 1.27 bits per heavy atom. The number of benzene rings is 1. The molecule has 2 N–H and O–H groups in total. The fourth-order valence-electron chi connectivity index (χ4n) is 2.58. The summed E-state index contributed by atoms with van der Waals surface area (Å²) in [5.41, 5.74) is 4.36. The van der Waals surface area contributed by atoms with E-state index in [-0.39, 0.29) is 5.91 Å². The molecule has 0 aliphatic heterocycles. The lowest BCUT2D eigenvalue weighted by molar-refractivity contribution is -0.121. The highest BCUT2D eigenvalue weighted by Crippen LogP contribution is 2.14. The lowest BCUT2D eigenvalue weighted by Crippen LogP contribution is -2.23. The molecule has 0 unspecified atom stereocenters. The van der Waals surface area contributed by atoms with Crippen LogP contribution in [0, 0.1) is 6.92 Å². The standard InChI is InChI=1S/C18H19N3O/c1-13-3-2-4-14(11-13)5-6-17(22)21-12-15-7-9-19-18-16(15)8-10-20-18/h2-4,7-11H,5-6,12H2,1H3,(H,19,20)(H,21,22). The highest BCUT2D eigenvalue weighted by molar-refractivity contribution is 5.80. The van der Waals surface area contributed by atoms with Crippen molar-refractivity contribution in [2.45, 2.75) is 26.3 Å². The van der Waals surface area contributed by atoms with Crippen molar-refractivity contribution < 1.29 is 4.79 Å². The maximum absolute atomic E-state index is 12.0. The number of aromatic nitrogens is 2. The summed E-state index contributed by atoms with van der Waals surface area (Å²) in [5, 5.41) is 4.04. The van der Waals surface area contributed by atoms with Crippen molar-refractivity contribution in [3.05, 3.63) is 65.5 Å². The molecule has 1 aromatic carbocycles. The zero-order valence-corrected chi connectivity index (χ0v) is 12.6. The average Bonchev–Trinajstić information content (AvgIpc) is 3.00. The van der Waals surface area contributed by atoms with Gasteiger partial charge in [0, 0.05) is 30.7 Å². The predicted octanol–water partition coefficient (Wildman–Crippen LogP) is 3.12. The maximum atomic E-state index is 12.0. The summed E-state index contributed by atoms with van der Waals surface area (Å²) < 4.78 is 0. The predicted molar refractivity (Wildman–Crippen MR) is 87.4 cm³/mol. The summed E-state index contributed by atoms with van der Waals surface area (Å²) in [6.07, 6.45) is 4.89. The Morgan fingerprint density at radius 3 is 3.05 bits per heavy atom. The van der Waals surface area contributed by atoms with Crippen LogP contribution in [0.3, 0.4) is 0 Å². The normalized spacial score (nSPS) is 10.8. The SMILES string of the molecule is Cc1cccc(CCC(=O)NCc2ccnc3[nH]ccc23)c1. The van der Waals surface area contributed by atoms with Crippen LogP contribution in [-0.4, -0.2) is 15.9 Å². The van der Waals surface area contributed by atoms with Gasteiger partial charge in [0.15, 0.2) is 0 Å². The third-order valence-electron chi connectivity index (χ3n) is 3.75. The molecule has 4 heteroatoms. The van der Waals surface area contributed by atoms with Gasteiger partial charge in [0.2, 0.25) is 5.91 Å². The lowest BCUT2D eigenvalue weighted by atomic mass is 10.1. The zero-order valence-electron chi connectivity index (χ0n) is 12.6. The Kier molecular flexibility index (Phi) is 4.19.